The minimum absolute atomic E-state index is 0.584. The van der Waals surface area contributed by atoms with E-state index in [-0.39, 0.29) is 0 Å². The standard InChI is InChI=1S/C14H14N4O2/c1-20-11-6-8-18(19)10(9-11)4-5-13-16-12-3-2-7-15-14(12)17-13/h2-3,6-9H,4-5H2,1H3,(H,15,16,17). The number of nitrogens with one attached hydrogen (secondary N) is 1. The number of methoxy groups -OCH3 is 1. The third-order valence-corrected chi connectivity index (χ3v) is 3.13. The van der Waals surface area contributed by atoms with Crippen molar-refractivity contribution in [1.29, 1.82) is 0 Å². The zero-order valence-electron chi connectivity index (χ0n) is 11.0. The van der Waals surface area contributed by atoms with E-state index in [1.54, 1.807) is 25.4 Å². The number of rotatable bonds is 4. The Labute approximate surface area is 115 Å². The minimum Gasteiger partial charge on any atom is -0.618 e. The maximum absolute atomic E-state index is 11.7. The van der Waals surface area contributed by atoms with Crippen LogP contribution in [0.2, 0.25) is 0 Å². The van der Waals surface area contributed by atoms with E-state index < -0.39 is 0 Å². The fraction of sp³-hybridized carbons (Fsp3) is 0.214. The van der Waals surface area contributed by atoms with Gasteiger partial charge >= 0.3 is 0 Å². The molecule has 0 atom stereocenters. The van der Waals surface area contributed by atoms with Crippen LogP contribution in [0.1, 0.15) is 11.5 Å². The van der Waals surface area contributed by atoms with Gasteiger partial charge in [0.2, 0.25) is 0 Å². The van der Waals surface area contributed by atoms with Gasteiger partial charge in [0, 0.05) is 31.2 Å². The monoisotopic (exact) mass is 270 g/mol. The van der Waals surface area contributed by atoms with Gasteiger partial charge in [0.1, 0.15) is 11.6 Å². The number of pyridine rings is 2. The van der Waals surface area contributed by atoms with E-state index >= 15 is 0 Å². The van der Waals surface area contributed by atoms with Crippen molar-refractivity contribution in [2.24, 2.45) is 0 Å². The average Bonchev–Trinajstić information content (AvgIpc) is 2.89. The SMILES string of the molecule is COc1cc[n+]([O-])c(CCc2nc3ncccc3[nH]2)c1. The summed E-state index contributed by atoms with van der Waals surface area (Å²) in [5.74, 6) is 1.50. The van der Waals surface area contributed by atoms with Crippen LogP contribution in [0, 0.1) is 5.21 Å². The Kier molecular flexibility index (Phi) is 3.20. The normalized spacial score (nSPS) is 10.8. The molecule has 0 aliphatic heterocycles. The highest BCUT2D eigenvalue weighted by Crippen LogP contribution is 2.12. The highest BCUT2D eigenvalue weighted by Gasteiger charge is 2.10. The second kappa shape index (κ2) is 5.16. The zero-order chi connectivity index (χ0) is 13.9. The molecule has 3 rings (SSSR count). The molecular formula is C14H14N4O2. The van der Waals surface area contributed by atoms with Crippen LogP contribution in [0.15, 0.2) is 36.7 Å². The Morgan fingerprint density at radius 3 is 3.05 bits per heavy atom. The Morgan fingerprint density at radius 1 is 1.35 bits per heavy atom. The van der Waals surface area contributed by atoms with Gasteiger partial charge in [-0.15, -0.1) is 0 Å². The molecule has 102 valence electrons. The molecule has 0 spiro atoms. The molecule has 0 aliphatic carbocycles. The fourth-order valence-corrected chi connectivity index (χ4v) is 2.08. The molecule has 0 amide bonds. The smallest absolute Gasteiger partial charge is 0.196 e. The van der Waals surface area contributed by atoms with E-state index in [2.05, 4.69) is 15.0 Å². The first-order chi connectivity index (χ1) is 9.76. The van der Waals surface area contributed by atoms with Crippen molar-refractivity contribution in [3.8, 4) is 5.75 Å². The number of hydrogen-bond acceptors (Lipinski definition) is 4. The maximum Gasteiger partial charge on any atom is 0.196 e. The van der Waals surface area contributed by atoms with Crippen molar-refractivity contribution in [1.82, 2.24) is 15.0 Å². The van der Waals surface area contributed by atoms with Crippen LogP contribution < -0.4 is 9.47 Å². The van der Waals surface area contributed by atoms with Crippen LogP contribution in [-0.4, -0.2) is 22.1 Å². The highest BCUT2D eigenvalue weighted by atomic mass is 16.5. The molecule has 0 saturated carbocycles. The number of imidazole rings is 1. The molecule has 0 aliphatic rings. The molecule has 3 aromatic rings. The van der Waals surface area contributed by atoms with Crippen LogP contribution in [0.5, 0.6) is 5.75 Å². The molecule has 6 nitrogen and oxygen atoms in total. The van der Waals surface area contributed by atoms with Gasteiger partial charge in [-0.2, -0.15) is 4.73 Å². The van der Waals surface area contributed by atoms with Crippen molar-refractivity contribution in [2.45, 2.75) is 12.8 Å². The van der Waals surface area contributed by atoms with Gasteiger partial charge in [-0.25, -0.2) is 9.97 Å². The first-order valence-corrected chi connectivity index (χ1v) is 6.32. The summed E-state index contributed by atoms with van der Waals surface area (Å²) in [6, 6.07) is 7.17. The summed E-state index contributed by atoms with van der Waals surface area (Å²) in [7, 11) is 1.58. The highest BCUT2D eigenvalue weighted by molar-refractivity contribution is 5.69. The van der Waals surface area contributed by atoms with Crippen LogP contribution >= 0.6 is 0 Å². The number of aryl methyl sites for hydroxylation is 2. The average molecular weight is 270 g/mol. The molecule has 20 heavy (non-hydrogen) atoms. The van der Waals surface area contributed by atoms with Crippen LogP contribution in [0.25, 0.3) is 11.2 Å². The molecule has 3 heterocycles. The van der Waals surface area contributed by atoms with Crippen LogP contribution in [0.3, 0.4) is 0 Å². The van der Waals surface area contributed by atoms with Gasteiger partial charge in [0.15, 0.2) is 17.5 Å². The van der Waals surface area contributed by atoms with E-state index in [1.165, 1.54) is 6.20 Å². The lowest BCUT2D eigenvalue weighted by molar-refractivity contribution is -0.614. The summed E-state index contributed by atoms with van der Waals surface area (Å²) in [4.78, 5) is 11.8. The van der Waals surface area contributed by atoms with Gasteiger partial charge in [0.25, 0.3) is 0 Å². The topological polar surface area (TPSA) is 77.7 Å². The first-order valence-electron chi connectivity index (χ1n) is 6.32. The molecule has 0 unspecified atom stereocenters. The summed E-state index contributed by atoms with van der Waals surface area (Å²) in [5, 5.41) is 11.7. The van der Waals surface area contributed by atoms with Gasteiger partial charge in [0.05, 0.1) is 12.6 Å². The second-order valence-electron chi connectivity index (χ2n) is 4.44. The summed E-state index contributed by atoms with van der Waals surface area (Å²) in [6.45, 7) is 0. The molecule has 0 radical (unpaired) electrons. The van der Waals surface area contributed by atoms with Crippen LogP contribution in [0.4, 0.5) is 0 Å². The number of fused-ring (bicyclic) bond motifs is 1. The fourth-order valence-electron chi connectivity index (χ4n) is 2.08. The summed E-state index contributed by atoms with van der Waals surface area (Å²) in [5.41, 5.74) is 2.25. The molecule has 1 N–H and O–H groups in total. The molecule has 3 aromatic heterocycles. The first kappa shape index (κ1) is 12.4. The summed E-state index contributed by atoms with van der Waals surface area (Å²) < 4.78 is 5.97. The number of H-pyrrole nitrogens is 1. The Balaban J connectivity index is 1.79. The van der Waals surface area contributed by atoms with E-state index in [1.807, 2.05) is 12.1 Å². The lowest BCUT2D eigenvalue weighted by Gasteiger charge is -2.05. The number of aromatic amines is 1. The quantitative estimate of drug-likeness (QED) is 0.574. The van der Waals surface area contributed by atoms with Gasteiger partial charge < -0.3 is 14.9 Å². The molecule has 6 heteroatoms. The molecule has 0 aromatic carbocycles. The molecule has 0 bridgehead atoms. The Bertz CT molecular complexity index is 706. The molecule has 0 fully saturated rings. The molecule has 0 saturated heterocycles. The van der Waals surface area contributed by atoms with Crippen molar-refractivity contribution >= 4 is 11.2 Å². The second-order valence-corrected chi connectivity index (χ2v) is 4.44. The zero-order valence-corrected chi connectivity index (χ0v) is 11.0. The van der Waals surface area contributed by atoms with Gasteiger partial charge in [-0.1, -0.05) is 0 Å². The van der Waals surface area contributed by atoms with Gasteiger partial charge in [-0.05, 0) is 12.1 Å². The lowest BCUT2D eigenvalue weighted by atomic mass is 10.2. The largest absolute Gasteiger partial charge is 0.618 e. The minimum atomic E-state index is 0.584. The Hall–Kier alpha value is -2.63. The number of nitrogens with zero attached hydrogens (tertiary/aromatic N) is 3. The third kappa shape index (κ3) is 2.40. The van der Waals surface area contributed by atoms with E-state index in [0.29, 0.717) is 29.9 Å². The summed E-state index contributed by atoms with van der Waals surface area (Å²) in [6.07, 6.45) is 4.39. The van der Waals surface area contributed by atoms with Crippen molar-refractivity contribution in [3.05, 3.63) is 53.4 Å². The maximum atomic E-state index is 11.7. The third-order valence-electron chi connectivity index (χ3n) is 3.13. The van der Waals surface area contributed by atoms with E-state index in [0.717, 1.165) is 16.1 Å². The predicted molar refractivity (Wildman–Crippen MR) is 73.3 cm³/mol. The number of hydrogen-bond donors (Lipinski definition) is 1. The van der Waals surface area contributed by atoms with E-state index in [9.17, 15) is 5.21 Å². The van der Waals surface area contributed by atoms with E-state index in [4.69, 9.17) is 4.74 Å². The van der Waals surface area contributed by atoms with Gasteiger partial charge in [-0.3, -0.25) is 0 Å². The number of ether oxygens (including phenoxy) is 1. The lowest BCUT2D eigenvalue weighted by Crippen LogP contribution is -2.31. The Morgan fingerprint density at radius 2 is 2.25 bits per heavy atom. The van der Waals surface area contributed by atoms with Crippen molar-refractivity contribution in [2.75, 3.05) is 7.11 Å². The predicted octanol–water partition coefficient (Wildman–Crippen LogP) is 1.39. The van der Waals surface area contributed by atoms with Crippen molar-refractivity contribution in [3.63, 3.8) is 0 Å². The number of aromatic nitrogens is 4. The molecular weight excluding hydrogens is 256 g/mol. The van der Waals surface area contributed by atoms with Crippen LogP contribution in [-0.2, 0) is 12.8 Å². The van der Waals surface area contributed by atoms with Crippen molar-refractivity contribution < 1.29 is 9.47 Å². The summed E-state index contributed by atoms with van der Waals surface area (Å²) >= 11 is 0.